The summed E-state index contributed by atoms with van der Waals surface area (Å²) in [5.74, 6) is 0.548. The maximum Gasteiger partial charge on any atom is 0.178 e. The summed E-state index contributed by atoms with van der Waals surface area (Å²) >= 11 is 5.65. The first-order valence-corrected chi connectivity index (χ1v) is 8.25. The van der Waals surface area contributed by atoms with Crippen LogP contribution in [0.25, 0.3) is 0 Å². The van der Waals surface area contributed by atoms with Crippen molar-refractivity contribution in [2.75, 3.05) is 10.2 Å². The predicted molar refractivity (Wildman–Crippen MR) is 98.8 cm³/mol. The highest BCUT2D eigenvalue weighted by Crippen LogP contribution is 2.32. The second kappa shape index (κ2) is 6.09. The van der Waals surface area contributed by atoms with Gasteiger partial charge < -0.3 is 10.2 Å². The van der Waals surface area contributed by atoms with Crippen LogP contribution in [0.4, 0.5) is 11.4 Å². The number of hydrogen-bond acceptors (Lipinski definition) is 1. The van der Waals surface area contributed by atoms with Crippen LogP contribution in [-0.4, -0.2) is 11.2 Å². The van der Waals surface area contributed by atoms with Gasteiger partial charge in [-0.25, -0.2) is 0 Å². The summed E-state index contributed by atoms with van der Waals surface area (Å²) in [6.07, 6.45) is 1.05. The number of rotatable bonds is 2. The summed E-state index contributed by atoms with van der Waals surface area (Å²) in [6, 6.07) is 17.4. The Bertz CT molecular complexity index is 676. The normalized spacial score (nSPS) is 16.7. The molecule has 22 heavy (non-hydrogen) atoms. The van der Waals surface area contributed by atoms with E-state index in [0.717, 1.165) is 17.2 Å². The number of para-hydroxylation sites is 1. The van der Waals surface area contributed by atoms with Gasteiger partial charge in [0.15, 0.2) is 5.11 Å². The largest absolute Gasteiger partial charge is 0.332 e. The molecular formula is C19H22N2S. The fourth-order valence-corrected chi connectivity index (χ4v) is 3.41. The molecule has 1 heterocycles. The fraction of sp³-hybridized carbons (Fsp3) is 0.316. The van der Waals surface area contributed by atoms with E-state index in [1.54, 1.807) is 0 Å². The second-order valence-electron chi connectivity index (χ2n) is 6.26. The van der Waals surface area contributed by atoms with Gasteiger partial charge >= 0.3 is 0 Å². The lowest BCUT2D eigenvalue weighted by molar-refractivity contribution is 0.776. The van der Waals surface area contributed by atoms with Crippen LogP contribution in [-0.2, 0) is 6.42 Å². The molecule has 2 aromatic carbocycles. The lowest BCUT2D eigenvalue weighted by Gasteiger charge is -2.26. The molecule has 3 rings (SSSR count). The number of nitrogens with zero attached hydrogens (tertiary/aromatic N) is 1. The lowest BCUT2D eigenvalue weighted by atomic mass is 10.0. The molecule has 0 radical (unpaired) electrons. The zero-order valence-electron chi connectivity index (χ0n) is 13.3. The first-order chi connectivity index (χ1) is 10.6. The molecule has 1 unspecified atom stereocenters. The molecule has 0 saturated carbocycles. The van der Waals surface area contributed by atoms with Crippen molar-refractivity contribution in [3.63, 3.8) is 0 Å². The Labute approximate surface area is 138 Å². The molecule has 1 atom stereocenters. The van der Waals surface area contributed by atoms with Crippen molar-refractivity contribution in [2.45, 2.75) is 39.2 Å². The van der Waals surface area contributed by atoms with E-state index >= 15 is 0 Å². The molecule has 2 nitrogen and oxygen atoms in total. The molecule has 1 aliphatic rings. The molecule has 0 aromatic heterocycles. The summed E-state index contributed by atoms with van der Waals surface area (Å²) in [4.78, 5) is 2.22. The molecule has 3 heteroatoms. The first-order valence-electron chi connectivity index (χ1n) is 7.84. The van der Waals surface area contributed by atoms with Crippen molar-refractivity contribution < 1.29 is 0 Å². The van der Waals surface area contributed by atoms with Crippen molar-refractivity contribution in [3.8, 4) is 0 Å². The minimum atomic E-state index is 0.396. The standard InChI is InChI=1S/C19H22N2S/c1-13(2)15-8-10-17(11-9-15)20-19(22)21-14(3)12-16-6-4-5-7-18(16)21/h4-11,13-14H,12H2,1-3H3,(H,20,22). The van der Waals surface area contributed by atoms with Gasteiger partial charge in [0.1, 0.15) is 0 Å². The minimum absolute atomic E-state index is 0.396. The third kappa shape index (κ3) is 2.86. The molecule has 0 spiro atoms. The third-order valence-electron chi connectivity index (χ3n) is 4.25. The Kier molecular flexibility index (Phi) is 4.16. The number of hydrogen-bond donors (Lipinski definition) is 1. The van der Waals surface area contributed by atoms with Crippen LogP contribution in [0.5, 0.6) is 0 Å². The molecule has 0 fully saturated rings. The number of nitrogens with one attached hydrogen (secondary N) is 1. The van der Waals surface area contributed by atoms with E-state index in [0.29, 0.717) is 12.0 Å². The maximum absolute atomic E-state index is 5.65. The van der Waals surface area contributed by atoms with Crippen LogP contribution in [0.15, 0.2) is 48.5 Å². The van der Waals surface area contributed by atoms with Gasteiger partial charge in [0.25, 0.3) is 0 Å². The Morgan fingerprint density at radius 3 is 2.50 bits per heavy atom. The number of fused-ring (bicyclic) bond motifs is 1. The van der Waals surface area contributed by atoms with Gasteiger partial charge in [-0.3, -0.25) is 0 Å². The molecule has 0 bridgehead atoms. The van der Waals surface area contributed by atoms with Crippen LogP contribution in [0, 0.1) is 0 Å². The fourth-order valence-electron chi connectivity index (χ4n) is 3.01. The summed E-state index contributed by atoms with van der Waals surface area (Å²) in [7, 11) is 0. The Morgan fingerprint density at radius 1 is 1.14 bits per heavy atom. The lowest BCUT2D eigenvalue weighted by Crippen LogP contribution is -2.38. The Hall–Kier alpha value is -1.87. The molecule has 0 saturated heterocycles. The highest BCUT2D eigenvalue weighted by molar-refractivity contribution is 7.80. The van der Waals surface area contributed by atoms with Crippen molar-refractivity contribution in [1.29, 1.82) is 0 Å². The summed E-state index contributed by atoms with van der Waals surface area (Å²) in [5, 5.41) is 4.15. The van der Waals surface area contributed by atoms with Crippen LogP contribution in [0.1, 0.15) is 37.8 Å². The van der Waals surface area contributed by atoms with E-state index in [-0.39, 0.29) is 0 Å². The zero-order chi connectivity index (χ0) is 15.7. The zero-order valence-corrected chi connectivity index (χ0v) is 14.2. The molecule has 2 aromatic rings. The van der Waals surface area contributed by atoms with Crippen molar-refractivity contribution in [1.82, 2.24) is 0 Å². The van der Waals surface area contributed by atoms with E-state index in [1.165, 1.54) is 16.8 Å². The number of thiocarbonyl (C=S) groups is 1. The van der Waals surface area contributed by atoms with Gasteiger partial charge in [0.05, 0.1) is 0 Å². The number of anilines is 2. The summed E-state index contributed by atoms with van der Waals surface area (Å²) in [6.45, 7) is 6.63. The topological polar surface area (TPSA) is 15.3 Å². The third-order valence-corrected chi connectivity index (χ3v) is 4.55. The van der Waals surface area contributed by atoms with Crippen molar-refractivity contribution in [3.05, 3.63) is 59.7 Å². The van der Waals surface area contributed by atoms with Crippen LogP contribution >= 0.6 is 12.2 Å². The maximum atomic E-state index is 5.65. The van der Waals surface area contributed by atoms with Gasteiger partial charge in [-0.1, -0.05) is 44.2 Å². The van der Waals surface area contributed by atoms with Crippen LogP contribution in [0.3, 0.4) is 0 Å². The Balaban J connectivity index is 1.77. The van der Waals surface area contributed by atoms with Crippen molar-refractivity contribution >= 4 is 28.7 Å². The van der Waals surface area contributed by atoms with E-state index in [1.807, 2.05) is 0 Å². The van der Waals surface area contributed by atoms with Gasteiger partial charge in [0, 0.05) is 17.4 Å². The second-order valence-corrected chi connectivity index (χ2v) is 6.65. The van der Waals surface area contributed by atoms with Gasteiger partial charge in [0.2, 0.25) is 0 Å². The highest BCUT2D eigenvalue weighted by Gasteiger charge is 2.28. The smallest absolute Gasteiger partial charge is 0.178 e. The molecule has 1 N–H and O–H groups in total. The number of benzene rings is 2. The SMILES string of the molecule is CC(C)c1ccc(NC(=S)N2c3ccccc3CC2C)cc1. The average Bonchev–Trinajstić information content (AvgIpc) is 2.83. The predicted octanol–water partition coefficient (Wildman–Crippen LogP) is 4.96. The van der Waals surface area contributed by atoms with E-state index < -0.39 is 0 Å². The van der Waals surface area contributed by atoms with Gasteiger partial charge in [-0.15, -0.1) is 0 Å². The Morgan fingerprint density at radius 2 is 1.82 bits per heavy atom. The van der Waals surface area contributed by atoms with E-state index in [9.17, 15) is 0 Å². The van der Waals surface area contributed by atoms with E-state index in [2.05, 4.69) is 79.5 Å². The molecule has 0 aliphatic carbocycles. The van der Waals surface area contributed by atoms with Crippen LogP contribution in [0.2, 0.25) is 0 Å². The van der Waals surface area contributed by atoms with Crippen molar-refractivity contribution in [2.24, 2.45) is 0 Å². The van der Waals surface area contributed by atoms with E-state index in [4.69, 9.17) is 12.2 Å². The monoisotopic (exact) mass is 310 g/mol. The molecule has 1 aliphatic heterocycles. The summed E-state index contributed by atoms with van der Waals surface area (Å²) in [5.41, 5.74) is 4.99. The quantitative estimate of drug-likeness (QED) is 0.789. The van der Waals surface area contributed by atoms with Gasteiger partial charge in [-0.05, 0) is 60.8 Å². The highest BCUT2D eigenvalue weighted by atomic mass is 32.1. The molecule has 114 valence electrons. The average molecular weight is 310 g/mol. The first kappa shape index (κ1) is 15.0. The minimum Gasteiger partial charge on any atom is -0.332 e. The summed E-state index contributed by atoms with van der Waals surface area (Å²) < 4.78 is 0. The molecule has 0 amide bonds. The molecular weight excluding hydrogens is 288 g/mol. The van der Waals surface area contributed by atoms with Gasteiger partial charge in [-0.2, -0.15) is 0 Å². The van der Waals surface area contributed by atoms with Crippen LogP contribution < -0.4 is 10.2 Å².